The van der Waals surface area contributed by atoms with Crippen molar-refractivity contribution in [3.8, 4) is 5.75 Å². The Morgan fingerprint density at radius 2 is 1.86 bits per heavy atom. The van der Waals surface area contributed by atoms with E-state index in [4.69, 9.17) is 27.9 Å². The maximum Gasteiger partial charge on any atom is 0.262 e. The van der Waals surface area contributed by atoms with E-state index in [1.807, 2.05) is 0 Å². The van der Waals surface area contributed by atoms with Crippen molar-refractivity contribution >= 4 is 40.6 Å². The molecule has 4 nitrogen and oxygen atoms in total. The maximum absolute atomic E-state index is 11.9. The van der Waals surface area contributed by atoms with Crippen LogP contribution in [0.3, 0.4) is 0 Å². The number of carbonyl (C=O) groups is 2. The third-order valence-electron chi connectivity index (χ3n) is 2.84. The second kappa shape index (κ2) is 7.29. The van der Waals surface area contributed by atoms with Crippen LogP contribution in [-0.2, 0) is 4.79 Å². The third-order valence-corrected chi connectivity index (χ3v) is 3.66. The molecule has 6 heteroatoms. The molecule has 0 aliphatic carbocycles. The molecule has 22 heavy (non-hydrogen) atoms. The Hall–Kier alpha value is -2.04. The molecule has 114 valence electrons. The van der Waals surface area contributed by atoms with Crippen LogP contribution in [0.25, 0.3) is 0 Å². The molecule has 0 spiro atoms. The van der Waals surface area contributed by atoms with Crippen molar-refractivity contribution in [1.82, 2.24) is 0 Å². The molecular formula is C16H13Cl2NO3. The summed E-state index contributed by atoms with van der Waals surface area (Å²) in [4.78, 5) is 23.1. The number of hydrogen-bond acceptors (Lipinski definition) is 3. The van der Waals surface area contributed by atoms with E-state index in [1.54, 1.807) is 42.5 Å². The lowest BCUT2D eigenvalue weighted by atomic mass is 10.1. The van der Waals surface area contributed by atoms with Crippen molar-refractivity contribution in [2.45, 2.75) is 6.92 Å². The summed E-state index contributed by atoms with van der Waals surface area (Å²) in [5.74, 6) is -0.00181. The van der Waals surface area contributed by atoms with Crippen LogP contribution >= 0.6 is 23.2 Å². The van der Waals surface area contributed by atoms with E-state index in [9.17, 15) is 9.59 Å². The van der Waals surface area contributed by atoms with Gasteiger partial charge in [0, 0.05) is 5.56 Å². The number of rotatable bonds is 5. The summed E-state index contributed by atoms with van der Waals surface area (Å²) in [5, 5.41) is 3.24. The van der Waals surface area contributed by atoms with Crippen LogP contribution in [0.1, 0.15) is 17.3 Å². The minimum absolute atomic E-state index is 0.0689. The number of carbonyl (C=O) groups excluding carboxylic acids is 2. The van der Waals surface area contributed by atoms with Crippen LogP contribution in [0.4, 0.5) is 5.69 Å². The monoisotopic (exact) mass is 337 g/mol. The van der Waals surface area contributed by atoms with Gasteiger partial charge in [0.05, 0.1) is 15.7 Å². The van der Waals surface area contributed by atoms with Crippen LogP contribution < -0.4 is 10.1 Å². The largest absolute Gasteiger partial charge is 0.484 e. The Bertz CT molecular complexity index is 716. The predicted octanol–water partition coefficient (Wildman–Crippen LogP) is 4.21. The van der Waals surface area contributed by atoms with E-state index in [-0.39, 0.29) is 23.3 Å². The van der Waals surface area contributed by atoms with Gasteiger partial charge in [0.2, 0.25) is 0 Å². The highest BCUT2D eigenvalue weighted by Crippen LogP contribution is 2.29. The number of ketones is 1. The van der Waals surface area contributed by atoms with Crippen molar-refractivity contribution in [3.63, 3.8) is 0 Å². The number of anilines is 1. The summed E-state index contributed by atoms with van der Waals surface area (Å²) in [6, 6.07) is 11.6. The summed E-state index contributed by atoms with van der Waals surface area (Å²) in [6.45, 7) is 1.26. The van der Waals surface area contributed by atoms with Crippen molar-refractivity contribution in [3.05, 3.63) is 58.1 Å². The Morgan fingerprint density at radius 3 is 2.59 bits per heavy atom. The highest BCUT2D eigenvalue weighted by molar-refractivity contribution is 6.43. The zero-order valence-corrected chi connectivity index (χ0v) is 13.2. The quantitative estimate of drug-likeness (QED) is 0.831. The summed E-state index contributed by atoms with van der Waals surface area (Å²) in [7, 11) is 0. The van der Waals surface area contributed by atoms with E-state index in [0.717, 1.165) is 0 Å². The summed E-state index contributed by atoms with van der Waals surface area (Å²) < 4.78 is 5.36. The predicted molar refractivity (Wildman–Crippen MR) is 87.0 cm³/mol. The van der Waals surface area contributed by atoms with Crippen LogP contribution in [0.2, 0.25) is 10.0 Å². The minimum Gasteiger partial charge on any atom is -0.484 e. The van der Waals surface area contributed by atoms with E-state index in [1.165, 1.54) is 6.92 Å². The Kier molecular flexibility index (Phi) is 5.41. The zero-order chi connectivity index (χ0) is 16.1. The second-order valence-corrected chi connectivity index (χ2v) is 5.31. The maximum atomic E-state index is 11.9. The first-order valence-electron chi connectivity index (χ1n) is 6.45. The summed E-state index contributed by atoms with van der Waals surface area (Å²) >= 11 is 11.9. The van der Waals surface area contributed by atoms with Gasteiger partial charge in [-0.3, -0.25) is 9.59 Å². The lowest BCUT2D eigenvalue weighted by Crippen LogP contribution is -2.20. The molecule has 2 aromatic carbocycles. The first-order valence-corrected chi connectivity index (χ1v) is 7.20. The normalized spacial score (nSPS) is 10.1. The topological polar surface area (TPSA) is 55.4 Å². The average Bonchev–Trinajstić information content (AvgIpc) is 2.50. The molecule has 2 rings (SSSR count). The molecule has 0 aliphatic rings. The standard InChI is InChI=1S/C16H13Cl2NO3/c1-10(20)11-4-2-5-12(8-11)22-9-15(21)19-14-7-3-6-13(17)16(14)18/h2-8H,9H2,1H3,(H,19,21). The molecule has 0 bridgehead atoms. The smallest absolute Gasteiger partial charge is 0.262 e. The average molecular weight is 338 g/mol. The number of hydrogen-bond donors (Lipinski definition) is 1. The number of amides is 1. The number of halogens is 2. The SMILES string of the molecule is CC(=O)c1cccc(OCC(=O)Nc2cccc(Cl)c2Cl)c1. The third kappa shape index (κ3) is 4.23. The van der Waals surface area contributed by atoms with E-state index in [0.29, 0.717) is 22.0 Å². The molecule has 0 atom stereocenters. The molecule has 0 aromatic heterocycles. The lowest BCUT2D eigenvalue weighted by molar-refractivity contribution is -0.118. The molecular weight excluding hydrogens is 325 g/mol. The van der Waals surface area contributed by atoms with Crippen LogP contribution in [0, 0.1) is 0 Å². The molecule has 0 unspecified atom stereocenters. The first kappa shape index (κ1) is 16.3. The molecule has 2 aromatic rings. The van der Waals surface area contributed by atoms with E-state index < -0.39 is 0 Å². The number of benzene rings is 2. The van der Waals surface area contributed by atoms with Gasteiger partial charge in [-0.05, 0) is 31.2 Å². The Balaban J connectivity index is 1.97. The highest BCUT2D eigenvalue weighted by Gasteiger charge is 2.09. The molecule has 0 fully saturated rings. The first-order chi connectivity index (χ1) is 10.5. The molecule has 0 heterocycles. The van der Waals surface area contributed by atoms with Crippen molar-refractivity contribution in [1.29, 1.82) is 0 Å². The van der Waals surface area contributed by atoms with Gasteiger partial charge < -0.3 is 10.1 Å². The Labute approximate surface area is 138 Å². The van der Waals surface area contributed by atoms with Gasteiger partial charge in [-0.2, -0.15) is 0 Å². The van der Waals surface area contributed by atoms with E-state index in [2.05, 4.69) is 5.32 Å². The highest BCUT2D eigenvalue weighted by atomic mass is 35.5. The van der Waals surface area contributed by atoms with E-state index >= 15 is 0 Å². The van der Waals surface area contributed by atoms with Gasteiger partial charge in [-0.25, -0.2) is 0 Å². The van der Waals surface area contributed by atoms with Gasteiger partial charge in [0.1, 0.15) is 5.75 Å². The minimum atomic E-state index is -0.377. The molecule has 0 radical (unpaired) electrons. The van der Waals surface area contributed by atoms with Gasteiger partial charge in [0.15, 0.2) is 12.4 Å². The fourth-order valence-electron chi connectivity index (χ4n) is 1.74. The molecule has 1 amide bonds. The molecule has 1 N–H and O–H groups in total. The lowest BCUT2D eigenvalue weighted by Gasteiger charge is -2.10. The Morgan fingerprint density at radius 1 is 1.14 bits per heavy atom. The van der Waals surface area contributed by atoms with Gasteiger partial charge >= 0.3 is 0 Å². The number of nitrogens with one attached hydrogen (secondary N) is 1. The molecule has 0 saturated heterocycles. The van der Waals surface area contributed by atoms with Crippen molar-refractivity contribution in [2.24, 2.45) is 0 Å². The number of Topliss-reactive ketones (excluding diaryl/α,β-unsaturated/α-hetero) is 1. The zero-order valence-electron chi connectivity index (χ0n) is 11.7. The fraction of sp³-hybridized carbons (Fsp3) is 0.125. The van der Waals surface area contributed by atoms with Gasteiger partial charge in [-0.1, -0.05) is 41.4 Å². The number of ether oxygens (including phenoxy) is 1. The van der Waals surface area contributed by atoms with Crippen molar-refractivity contribution in [2.75, 3.05) is 11.9 Å². The van der Waals surface area contributed by atoms with Crippen LogP contribution in [0.5, 0.6) is 5.75 Å². The van der Waals surface area contributed by atoms with Gasteiger partial charge in [-0.15, -0.1) is 0 Å². The fourth-order valence-corrected chi connectivity index (χ4v) is 2.09. The van der Waals surface area contributed by atoms with Crippen LogP contribution in [0.15, 0.2) is 42.5 Å². The summed E-state index contributed by atoms with van der Waals surface area (Å²) in [6.07, 6.45) is 0. The second-order valence-electron chi connectivity index (χ2n) is 4.52. The van der Waals surface area contributed by atoms with Crippen molar-refractivity contribution < 1.29 is 14.3 Å². The van der Waals surface area contributed by atoms with Crippen LogP contribution in [-0.4, -0.2) is 18.3 Å². The van der Waals surface area contributed by atoms with Gasteiger partial charge in [0.25, 0.3) is 5.91 Å². The molecule has 0 aliphatic heterocycles. The molecule has 0 saturated carbocycles. The summed E-state index contributed by atoms with van der Waals surface area (Å²) in [5.41, 5.74) is 0.941.